The number of carbonyl (C=O) groups excluding carboxylic acids is 2. The van der Waals surface area contributed by atoms with E-state index in [1.54, 1.807) is 6.92 Å². The van der Waals surface area contributed by atoms with Gasteiger partial charge in [-0.25, -0.2) is 0 Å². The van der Waals surface area contributed by atoms with Gasteiger partial charge in [-0.15, -0.1) is 0 Å². The number of nitrogens with one attached hydrogen (secondary N) is 2. The molecule has 2 amide bonds. The van der Waals surface area contributed by atoms with Crippen LogP contribution >= 0.6 is 12.6 Å². The summed E-state index contributed by atoms with van der Waals surface area (Å²) in [5.74, 6) is 0.00612. The van der Waals surface area contributed by atoms with Gasteiger partial charge in [0.05, 0.1) is 5.25 Å². The summed E-state index contributed by atoms with van der Waals surface area (Å²) in [5.41, 5.74) is 0. The van der Waals surface area contributed by atoms with Crippen molar-refractivity contribution in [2.45, 2.75) is 43.9 Å². The van der Waals surface area contributed by atoms with Crippen LogP contribution in [0.1, 0.15) is 32.6 Å². The fourth-order valence-corrected chi connectivity index (χ4v) is 1.23. The van der Waals surface area contributed by atoms with E-state index in [9.17, 15) is 9.59 Å². The second-order valence-corrected chi connectivity index (χ2v) is 4.69. The van der Waals surface area contributed by atoms with Crippen molar-refractivity contribution in [2.75, 3.05) is 6.54 Å². The summed E-state index contributed by atoms with van der Waals surface area (Å²) in [7, 11) is 0. The minimum atomic E-state index is -0.287. The Labute approximate surface area is 95.6 Å². The number of amides is 2. The lowest BCUT2D eigenvalue weighted by molar-refractivity contribution is -0.122. The van der Waals surface area contributed by atoms with Crippen LogP contribution in [-0.2, 0) is 9.59 Å². The number of rotatable bonds is 6. The number of hydrogen-bond donors (Lipinski definition) is 3. The lowest BCUT2D eigenvalue weighted by Crippen LogP contribution is -2.31. The maximum absolute atomic E-state index is 11.2. The van der Waals surface area contributed by atoms with Crippen molar-refractivity contribution in [3.8, 4) is 0 Å². The lowest BCUT2D eigenvalue weighted by Gasteiger charge is -2.07. The average Bonchev–Trinajstić information content (AvgIpc) is 2.95. The second kappa shape index (κ2) is 6.00. The Morgan fingerprint density at radius 2 is 2.13 bits per heavy atom. The molecule has 0 aromatic heterocycles. The molecule has 15 heavy (non-hydrogen) atoms. The number of thiol groups is 1. The van der Waals surface area contributed by atoms with Gasteiger partial charge in [-0.1, -0.05) is 0 Å². The Bertz CT molecular complexity index is 240. The maximum atomic E-state index is 11.2. The molecule has 0 aromatic carbocycles. The molecule has 0 heterocycles. The monoisotopic (exact) mass is 230 g/mol. The Hall–Kier alpha value is -0.710. The van der Waals surface area contributed by atoms with Crippen molar-refractivity contribution in [2.24, 2.45) is 0 Å². The molecule has 1 aliphatic rings. The smallest absolute Gasteiger partial charge is 0.232 e. The van der Waals surface area contributed by atoms with Crippen molar-refractivity contribution in [3.63, 3.8) is 0 Å². The molecule has 1 saturated carbocycles. The van der Waals surface area contributed by atoms with Crippen molar-refractivity contribution in [1.82, 2.24) is 10.6 Å². The molecule has 0 bridgehead atoms. The van der Waals surface area contributed by atoms with Crippen molar-refractivity contribution in [1.29, 1.82) is 0 Å². The first-order chi connectivity index (χ1) is 7.09. The third kappa shape index (κ3) is 5.67. The van der Waals surface area contributed by atoms with E-state index >= 15 is 0 Å². The molecule has 0 radical (unpaired) electrons. The molecule has 1 atom stereocenters. The van der Waals surface area contributed by atoms with E-state index in [2.05, 4.69) is 23.3 Å². The van der Waals surface area contributed by atoms with Gasteiger partial charge in [0.2, 0.25) is 11.8 Å². The molecule has 0 aliphatic heterocycles. The van der Waals surface area contributed by atoms with Crippen LogP contribution in [0.4, 0.5) is 0 Å². The van der Waals surface area contributed by atoms with Crippen molar-refractivity contribution in [3.05, 3.63) is 0 Å². The van der Waals surface area contributed by atoms with Gasteiger partial charge in [0.15, 0.2) is 0 Å². The molecular formula is C10H18N2O2S. The van der Waals surface area contributed by atoms with E-state index < -0.39 is 0 Å². The molecule has 1 aliphatic carbocycles. The Balaban J connectivity index is 1.95. The van der Waals surface area contributed by atoms with Gasteiger partial charge in [0.25, 0.3) is 0 Å². The lowest BCUT2D eigenvalue weighted by atomic mass is 10.3. The van der Waals surface area contributed by atoms with Crippen LogP contribution in [0.5, 0.6) is 0 Å². The zero-order valence-electron chi connectivity index (χ0n) is 8.95. The van der Waals surface area contributed by atoms with Gasteiger partial charge < -0.3 is 10.6 Å². The van der Waals surface area contributed by atoms with Crippen LogP contribution in [0.15, 0.2) is 0 Å². The zero-order chi connectivity index (χ0) is 11.3. The highest BCUT2D eigenvalue weighted by Crippen LogP contribution is 2.18. The van der Waals surface area contributed by atoms with Crippen LogP contribution in [-0.4, -0.2) is 29.7 Å². The quantitative estimate of drug-likeness (QED) is 0.459. The van der Waals surface area contributed by atoms with E-state index in [1.807, 2.05) is 0 Å². The molecule has 1 fully saturated rings. The van der Waals surface area contributed by atoms with E-state index in [0.29, 0.717) is 25.4 Å². The van der Waals surface area contributed by atoms with E-state index in [-0.39, 0.29) is 17.1 Å². The third-order valence-electron chi connectivity index (χ3n) is 2.20. The van der Waals surface area contributed by atoms with Gasteiger partial charge >= 0.3 is 0 Å². The summed E-state index contributed by atoms with van der Waals surface area (Å²) in [4.78, 5) is 22.3. The minimum absolute atomic E-state index is 0.0825. The van der Waals surface area contributed by atoms with Crippen LogP contribution in [0.3, 0.4) is 0 Å². The first-order valence-electron chi connectivity index (χ1n) is 5.34. The fraction of sp³-hybridized carbons (Fsp3) is 0.800. The topological polar surface area (TPSA) is 58.2 Å². The van der Waals surface area contributed by atoms with E-state index in [1.165, 1.54) is 0 Å². The highest BCUT2D eigenvalue weighted by Gasteiger charge is 2.22. The summed E-state index contributed by atoms with van der Waals surface area (Å²) in [5, 5.41) is 5.32. The standard InChI is InChI=1S/C10H18N2O2S/c1-7(15)10(14)11-6-2-3-9(13)12-8-4-5-8/h7-8,15H,2-6H2,1H3,(H,11,14)(H,12,13). The highest BCUT2D eigenvalue weighted by molar-refractivity contribution is 7.81. The summed E-state index contributed by atoms with van der Waals surface area (Å²) in [6, 6.07) is 0.421. The zero-order valence-corrected chi connectivity index (χ0v) is 9.85. The fourth-order valence-electron chi connectivity index (χ4n) is 1.14. The SMILES string of the molecule is CC(S)C(=O)NCCCC(=O)NC1CC1. The normalized spacial score (nSPS) is 16.9. The summed E-state index contributed by atoms with van der Waals surface area (Å²) >= 11 is 4.00. The summed E-state index contributed by atoms with van der Waals surface area (Å²) < 4.78 is 0. The molecule has 86 valence electrons. The Morgan fingerprint density at radius 3 is 2.67 bits per heavy atom. The average molecular weight is 230 g/mol. The minimum Gasteiger partial charge on any atom is -0.355 e. The summed E-state index contributed by atoms with van der Waals surface area (Å²) in [6.45, 7) is 2.26. The molecular weight excluding hydrogens is 212 g/mol. The molecule has 5 heteroatoms. The molecule has 2 N–H and O–H groups in total. The van der Waals surface area contributed by atoms with Crippen molar-refractivity contribution < 1.29 is 9.59 Å². The predicted molar refractivity (Wildman–Crippen MR) is 61.9 cm³/mol. The van der Waals surface area contributed by atoms with Crippen LogP contribution in [0, 0.1) is 0 Å². The molecule has 4 nitrogen and oxygen atoms in total. The highest BCUT2D eigenvalue weighted by atomic mass is 32.1. The largest absolute Gasteiger partial charge is 0.355 e. The van der Waals surface area contributed by atoms with Gasteiger partial charge in [0, 0.05) is 19.0 Å². The molecule has 0 saturated heterocycles. The van der Waals surface area contributed by atoms with E-state index in [0.717, 1.165) is 12.8 Å². The first kappa shape index (κ1) is 12.4. The third-order valence-corrected chi connectivity index (χ3v) is 2.44. The molecule has 1 unspecified atom stereocenters. The van der Waals surface area contributed by atoms with Gasteiger partial charge in [0.1, 0.15) is 0 Å². The molecule has 0 aromatic rings. The Morgan fingerprint density at radius 1 is 1.47 bits per heavy atom. The first-order valence-corrected chi connectivity index (χ1v) is 5.86. The molecule has 1 rings (SSSR count). The van der Waals surface area contributed by atoms with Crippen LogP contribution in [0.2, 0.25) is 0 Å². The summed E-state index contributed by atoms with van der Waals surface area (Å²) in [6.07, 6.45) is 3.39. The van der Waals surface area contributed by atoms with Crippen molar-refractivity contribution >= 4 is 24.4 Å². The van der Waals surface area contributed by atoms with Gasteiger partial charge in [-0.3, -0.25) is 9.59 Å². The van der Waals surface area contributed by atoms with Gasteiger partial charge in [-0.05, 0) is 26.2 Å². The van der Waals surface area contributed by atoms with Crippen LogP contribution < -0.4 is 10.6 Å². The predicted octanol–water partition coefficient (Wildman–Crippen LogP) is 0.480. The number of hydrogen-bond acceptors (Lipinski definition) is 3. The Kier molecular flexibility index (Phi) is 4.94. The van der Waals surface area contributed by atoms with Gasteiger partial charge in [-0.2, -0.15) is 12.6 Å². The maximum Gasteiger partial charge on any atom is 0.232 e. The number of carbonyl (C=O) groups is 2. The van der Waals surface area contributed by atoms with E-state index in [4.69, 9.17) is 0 Å². The second-order valence-electron chi connectivity index (χ2n) is 3.91. The van der Waals surface area contributed by atoms with Crippen LogP contribution in [0.25, 0.3) is 0 Å². The molecule has 0 spiro atoms.